The molecule has 2 heterocycles. The Morgan fingerprint density at radius 3 is 1.81 bits per heavy atom. The van der Waals surface area contributed by atoms with E-state index in [9.17, 15) is 35.7 Å². The monoisotopic (exact) mass is 524 g/mol. The lowest BCUT2D eigenvalue weighted by molar-refractivity contribution is -0.317. The first-order valence-corrected chi connectivity index (χ1v) is 11.7. The van der Waals surface area contributed by atoms with Crippen LogP contribution < -0.4 is 9.47 Å². The molecule has 2 aromatic carbocycles. The molecule has 0 aromatic heterocycles. The molecule has 37 heavy (non-hydrogen) atoms. The van der Waals surface area contributed by atoms with Crippen LogP contribution in [0.4, 0.5) is 0 Å². The summed E-state index contributed by atoms with van der Waals surface area (Å²) in [5.74, 6) is -0.568. The molecule has 12 heteroatoms. The molecule has 0 bridgehead atoms. The van der Waals surface area contributed by atoms with E-state index in [2.05, 4.69) is 0 Å². The highest BCUT2D eigenvalue weighted by atomic mass is 16.7. The molecule has 0 aliphatic carbocycles. The van der Waals surface area contributed by atoms with E-state index in [0.29, 0.717) is 11.1 Å². The van der Waals surface area contributed by atoms with E-state index >= 15 is 0 Å². The average Bonchev–Trinajstić information content (AvgIpc) is 3.27. The van der Waals surface area contributed by atoms with Crippen molar-refractivity contribution in [3.63, 3.8) is 0 Å². The van der Waals surface area contributed by atoms with E-state index in [4.69, 9.17) is 23.7 Å². The number of rotatable bonds is 8. The van der Waals surface area contributed by atoms with Gasteiger partial charge in [-0.1, -0.05) is 12.1 Å². The summed E-state index contributed by atoms with van der Waals surface area (Å²) in [4.78, 5) is 0. The van der Waals surface area contributed by atoms with Gasteiger partial charge in [-0.05, 0) is 35.4 Å². The van der Waals surface area contributed by atoms with Gasteiger partial charge in [0.25, 0.3) is 0 Å². The Morgan fingerprint density at radius 1 is 0.730 bits per heavy atom. The van der Waals surface area contributed by atoms with E-state index < -0.39 is 68.1 Å². The molecule has 0 amide bonds. The minimum absolute atomic E-state index is 0.0845. The highest BCUT2D eigenvalue weighted by Gasteiger charge is 2.51. The van der Waals surface area contributed by atoms with Gasteiger partial charge in [0.05, 0.1) is 39.6 Å². The largest absolute Gasteiger partial charge is 0.504 e. The van der Waals surface area contributed by atoms with Crippen LogP contribution in [0.2, 0.25) is 0 Å². The number of hydrogen-bond acceptors (Lipinski definition) is 12. The normalized spacial score (nSPS) is 33.9. The van der Waals surface area contributed by atoms with Crippen molar-refractivity contribution in [3.05, 3.63) is 47.5 Å². The maximum absolute atomic E-state index is 10.6. The fourth-order valence-corrected chi connectivity index (χ4v) is 4.78. The Bertz CT molecular complexity index is 1060. The molecule has 4 rings (SSSR count). The lowest BCUT2D eigenvalue weighted by Gasteiger charge is -2.41. The molecule has 0 radical (unpaired) electrons. The second-order valence-electron chi connectivity index (χ2n) is 8.98. The molecule has 9 atom stereocenters. The van der Waals surface area contributed by atoms with Crippen molar-refractivity contribution in [2.24, 2.45) is 5.92 Å². The lowest BCUT2D eigenvalue weighted by Crippen LogP contribution is -2.60. The number of hydrogen-bond donors (Lipinski definition) is 7. The van der Waals surface area contributed by atoms with Gasteiger partial charge in [0.2, 0.25) is 0 Å². The summed E-state index contributed by atoms with van der Waals surface area (Å²) in [5.41, 5.74) is 1.07. The fourth-order valence-electron chi connectivity index (χ4n) is 4.78. The summed E-state index contributed by atoms with van der Waals surface area (Å²) in [6, 6.07) is 9.13. The summed E-state index contributed by atoms with van der Waals surface area (Å²) in [6.45, 7) is -1.06. The van der Waals surface area contributed by atoms with Gasteiger partial charge in [-0.15, -0.1) is 0 Å². The highest BCUT2D eigenvalue weighted by Crippen LogP contribution is 2.49. The van der Waals surface area contributed by atoms with Crippen molar-refractivity contribution < 1.29 is 59.4 Å². The molecule has 7 N–H and O–H groups in total. The Hall–Kier alpha value is -2.68. The summed E-state index contributed by atoms with van der Waals surface area (Å²) < 4.78 is 28.4. The zero-order valence-corrected chi connectivity index (χ0v) is 20.2. The quantitative estimate of drug-likeness (QED) is 0.240. The zero-order valence-electron chi connectivity index (χ0n) is 20.2. The number of ether oxygens (including phenoxy) is 5. The third-order valence-electron chi connectivity index (χ3n) is 6.82. The fraction of sp³-hybridized carbons (Fsp3) is 0.520. The molecular weight excluding hydrogens is 492 g/mol. The molecule has 2 aliphatic heterocycles. The van der Waals surface area contributed by atoms with E-state index in [1.807, 2.05) is 0 Å². The third-order valence-corrected chi connectivity index (χ3v) is 6.82. The van der Waals surface area contributed by atoms with Gasteiger partial charge in [0.1, 0.15) is 30.5 Å². The molecule has 204 valence electrons. The van der Waals surface area contributed by atoms with Gasteiger partial charge in [-0.25, -0.2) is 0 Å². The first-order chi connectivity index (χ1) is 17.7. The SMILES string of the molecule is COc1cc([C@H]2O[C@@H](c3ccc(O)c(OC)c3)C(O[C@@H]3O[C@H](CO)[C@@H](O)[C@H](O)[C@H]3O)C2CO)ccc1O. The number of aliphatic hydroxyl groups excluding tert-OH is 5. The zero-order chi connectivity index (χ0) is 26.9. The summed E-state index contributed by atoms with van der Waals surface area (Å²) in [6.07, 6.45) is -10.2. The van der Waals surface area contributed by atoms with Crippen LogP contribution >= 0.6 is 0 Å². The van der Waals surface area contributed by atoms with E-state index in [0.717, 1.165) is 0 Å². The average molecular weight is 525 g/mol. The molecule has 2 fully saturated rings. The molecule has 2 saturated heterocycles. The number of benzene rings is 2. The van der Waals surface area contributed by atoms with Crippen LogP contribution in [0.25, 0.3) is 0 Å². The number of phenolic OH excluding ortho intramolecular Hbond substituents is 2. The maximum Gasteiger partial charge on any atom is 0.187 e. The van der Waals surface area contributed by atoms with Crippen LogP contribution in [0, 0.1) is 5.92 Å². The molecule has 2 unspecified atom stereocenters. The Kier molecular flexibility index (Phi) is 8.41. The van der Waals surface area contributed by atoms with Crippen molar-refractivity contribution in [2.45, 2.75) is 49.0 Å². The summed E-state index contributed by atoms with van der Waals surface area (Å²) in [5, 5.41) is 70.9. The first-order valence-electron chi connectivity index (χ1n) is 11.7. The van der Waals surface area contributed by atoms with Crippen LogP contribution in [0.15, 0.2) is 36.4 Å². The molecular formula is C25H32O12. The van der Waals surface area contributed by atoms with Crippen molar-refractivity contribution in [1.29, 1.82) is 0 Å². The van der Waals surface area contributed by atoms with E-state index in [1.165, 1.54) is 32.4 Å². The standard InChI is InChI=1S/C25H32O12/c1-33-16-7-11(3-5-14(16)28)22-13(9-26)24(23(36-22)12-4-6-15(29)17(8-12)34-2)37-25-21(32)20(31)19(30)18(10-27)35-25/h3-8,13,18-32H,9-10H2,1-2H3/t13?,18-,19-,20+,21-,22-,23+,24?,25+/m1/s1. The van der Waals surface area contributed by atoms with Gasteiger partial charge in [0.15, 0.2) is 29.3 Å². The van der Waals surface area contributed by atoms with Gasteiger partial charge in [-0.3, -0.25) is 0 Å². The van der Waals surface area contributed by atoms with Crippen molar-refractivity contribution in [1.82, 2.24) is 0 Å². The molecule has 0 spiro atoms. The Balaban J connectivity index is 1.73. The van der Waals surface area contributed by atoms with Crippen molar-refractivity contribution in [3.8, 4) is 23.0 Å². The van der Waals surface area contributed by atoms with Crippen LogP contribution in [-0.4, -0.2) is 100.0 Å². The molecule has 12 nitrogen and oxygen atoms in total. The Labute approximate surface area is 212 Å². The summed E-state index contributed by atoms with van der Waals surface area (Å²) in [7, 11) is 2.78. The third kappa shape index (κ3) is 5.19. The van der Waals surface area contributed by atoms with E-state index in [1.54, 1.807) is 18.2 Å². The van der Waals surface area contributed by atoms with E-state index in [-0.39, 0.29) is 23.0 Å². The van der Waals surface area contributed by atoms with Gasteiger partial charge >= 0.3 is 0 Å². The topological polar surface area (TPSA) is 188 Å². The van der Waals surface area contributed by atoms with Crippen LogP contribution in [0.1, 0.15) is 23.3 Å². The molecule has 2 aromatic rings. The van der Waals surface area contributed by atoms with Gasteiger partial charge in [0, 0.05) is 5.92 Å². The second kappa shape index (κ2) is 11.4. The number of aromatic hydroxyl groups is 2. The second-order valence-corrected chi connectivity index (χ2v) is 8.98. The predicted octanol–water partition coefficient (Wildman–Crippen LogP) is -0.279. The smallest absolute Gasteiger partial charge is 0.187 e. The van der Waals surface area contributed by atoms with Gasteiger partial charge < -0.3 is 59.4 Å². The lowest BCUT2D eigenvalue weighted by atomic mass is 9.90. The van der Waals surface area contributed by atoms with Crippen LogP contribution in [-0.2, 0) is 14.2 Å². The van der Waals surface area contributed by atoms with Gasteiger partial charge in [-0.2, -0.15) is 0 Å². The minimum atomic E-state index is -1.67. The molecule has 0 saturated carbocycles. The van der Waals surface area contributed by atoms with Crippen LogP contribution in [0.3, 0.4) is 0 Å². The Morgan fingerprint density at radius 2 is 1.30 bits per heavy atom. The number of aliphatic hydroxyl groups is 5. The number of phenols is 2. The van der Waals surface area contributed by atoms with Crippen molar-refractivity contribution >= 4 is 0 Å². The minimum Gasteiger partial charge on any atom is -0.504 e. The predicted molar refractivity (Wildman–Crippen MR) is 125 cm³/mol. The summed E-state index contributed by atoms with van der Waals surface area (Å²) >= 11 is 0. The first kappa shape index (κ1) is 27.4. The maximum atomic E-state index is 10.6. The highest BCUT2D eigenvalue weighted by molar-refractivity contribution is 5.45. The molecule has 2 aliphatic rings. The van der Waals surface area contributed by atoms with Crippen molar-refractivity contribution in [2.75, 3.05) is 27.4 Å². The number of methoxy groups -OCH3 is 2. The van der Waals surface area contributed by atoms with Crippen LogP contribution in [0.5, 0.6) is 23.0 Å².